The van der Waals surface area contributed by atoms with Gasteiger partial charge in [0.1, 0.15) is 11.4 Å². The Kier molecular flexibility index (Phi) is 5.80. The summed E-state index contributed by atoms with van der Waals surface area (Å²) < 4.78 is 23.7. The Balaban J connectivity index is 1.98. The number of aromatic nitrogens is 1. The molecule has 2 aromatic rings. The number of amides is 1. The number of sulfone groups is 1. The maximum atomic E-state index is 11.8. The van der Waals surface area contributed by atoms with E-state index in [1.165, 1.54) is 12.1 Å². The topological polar surface area (TPSA) is 134 Å². The van der Waals surface area contributed by atoms with E-state index in [0.717, 1.165) is 16.8 Å². The highest BCUT2D eigenvalue weighted by molar-refractivity contribution is 9.10. The van der Waals surface area contributed by atoms with Crippen LogP contribution < -0.4 is 10.6 Å². The Morgan fingerprint density at radius 2 is 2.04 bits per heavy atom. The van der Waals surface area contributed by atoms with Gasteiger partial charge in [-0.05, 0) is 34.1 Å². The van der Waals surface area contributed by atoms with Gasteiger partial charge < -0.3 is 15.6 Å². The van der Waals surface area contributed by atoms with Gasteiger partial charge in [-0.15, -0.1) is 0 Å². The van der Waals surface area contributed by atoms with Crippen LogP contribution in [0.25, 0.3) is 0 Å². The number of carbonyl (C=O) groups is 1. The van der Waals surface area contributed by atoms with E-state index in [1.807, 2.05) is 0 Å². The first-order valence-corrected chi connectivity index (χ1v) is 9.71. The minimum absolute atomic E-state index is 0.129. The third-order valence-corrected chi connectivity index (χ3v) is 4.78. The Morgan fingerprint density at radius 3 is 2.60 bits per heavy atom. The number of aromatic amines is 1. The van der Waals surface area contributed by atoms with Crippen molar-refractivity contribution >= 4 is 43.0 Å². The van der Waals surface area contributed by atoms with Crippen LogP contribution in [0.15, 0.2) is 39.8 Å². The molecule has 0 saturated carbocycles. The van der Waals surface area contributed by atoms with Crippen LogP contribution >= 0.6 is 15.9 Å². The summed E-state index contributed by atoms with van der Waals surface area (Å²) in [6.45, 7) is 0.452. The van der Waals surface area contributed by atoms with Gasteiger partial charge in [0.15, 0.2) is 9.84 Å². The molecule has 1 heterocycles. The Hall–Kier alpha value is -2.40. The zero-order valence-corrected chi connectivity index (χ0v) is 15.5. The number of rotatable bonds is 7. The molecule has 0 atom stereocenters. The molecule has 2 rings (SSSR count). The minimum Gasteiger partial charge on any atom is -0.378 e. The average molecular weight is 431 g/mol. The smallest absolute Gasteiger partial charge is 0.293 e. The third-order valence-electron chi connectivity index (χ3n) is 3.21. The summed E-state index contributed by atoms with van der Waals surface area (Å²) in [5.74, 6) is -0.311. The number of halogens is 1. The first kappa shape index (κ1) is 18.9. The van der Waals surface area contributed by atoms with Crippen LogP contribution in [-0.2, 0) is 9.84 Å². The molecule has 0 unspecified atom stereocenters. The molecule has 0 saturated heterocycles. The van der Waals surface area contributed by atoms with Gasteiger partial charge in [-0.3, -0.25) is 14.9 Å². The fraction of sp³-hybridized carbons (Fsp3) is 0.214. The van der Waals surface area contributed by atoms with Crippen LogP contribution in [0, 0.1) is 10.1 Å². The van der Waals surface area contributed by atoms with Gasteiger partial charge in [0, 0.05) is 36.1 Å². The molecule has 0 aliphatic carbocycles. The minimum atomic E-state index is -3.54. The van der Waals surface area contributed by atoms with Crippen molar-refractivity contribution in [2.45, 2.75) is 4.90 Å². The van der Waals surface area contributed by atoms with E-state index in [0.29, 0.717) is 5.69 Å². The van der Waals surface area contributed by atoms with Gasteiger partial charge in [-0.1, -0.05) is 0 Å². The number of nitrogens with zero attached hydrogens (tertiary/aromatic N) is 1. The van der Waals surface area contributed by atoms with E-state index in [1.54, 1.807) is 12.3 Å². The van der Waals surface area contributed by atoms with E-state index in [4.69, 9.17) is 0 Å². The second-order valence-electron chi connectivity index (χ2n) is 5.12. The lowest BCUT2D eigenvalue weighted by Crippen LogP contribution is -2.29. The van der Waals surface area contributed by atoms with Gasteiger partial charge in [-0.2, -0.15) is 0 Å². The number of benzene rings is 1. The lowest BCUT2D eigenvalue weighted by atomic mass is 10.2. The summed E-state index contributed by atoms with van der Waals surface area (Å²) in [6, 6.07) is 5.25. The molecule has 1 amide bonds. The number of nitro benzene ring substituents is 1. The molecule has 1 aromatic carbocycles. The standard InChI is InChI=1S/C14H15BrN4O5S/c1-25(23,24)10-2-3-11(13(7-10)19(21)22)16-4-5-17-14(20)12-6-9(15)8-18-12/h2-3,6-8,16,18H,4-5H2,1H3,(H,17,20). The van der Waals surface area contributed by atoms with Crippen molar-refractivity contribution in [3.8, 4) is 0 Å². The fourth-order valence-corrected chi connectivity index (χ4v) is 2.99. The predicted octanol–water partition coefficient (Wildman–Crippen LogP) is 1.93. The average Bonchev–Trinajstić information content (AvgIpc) is 2.97. The zero-order chi connectivity index (χ0) is 18.6. The molecule has 0 fully saturated rings. The van der Waals surface area contributed by atoms with Crippen molar-refractivity contribution in [3.63, 3.8) is 0 Å². The monoisotopic (exact) mass is 430 g/mol. The molecule has 0 aliphatic rings. The lowest BCUT2D eigenvalue weighted by Gasteiger charge is -2.09. The largest absolute Gasteiger partial charge is 0.378 e. The molecule has 0 spiro atoms. The van der Waals surface area contributed by atoms with Gasteiger partial charge in [0.05, 0.1) is 9.82 Å². The molecular weight excluding hydrogens is 416 g/mol. The van der Waals surface area contributed by atoms with E-state index in [2.05, 4.69) is 31.5 Å². The van der Waals surface area contributed by atoms with E-state index in [-0.39, 0.29) is 35.3 Å². The number of H-pyrrole nitrogens is 1. The van der Waals surface area contributed by atoms with Crippen molar-refractivity contribution < 1.29 is 18.1 Å². The second kappa shape index (κ2) is 7.66. The number of anilines is 1. The second-order valence-corrected chi connectivity index (χ2v) is 8.05. The number of nitro groups is 1. The van der Waals surface area contributed by atoms with Crippen LogP contribution in [0.5, 0.6) is 0 Å². The normalized spacial score (nSPS) is 11.1. The number of hydrogen-bond acceptors (Lipinski definition) is 6. The Labute approximate surface area is 152 Å². The van der Waals surface area contributed by atoms with Gasteiger partial charge in [0.2, 0.25) is 0 Å². The summed E-state index contributed by atoms with van der Waals surface area (Å²) in [6.07, 6.45) is 2.60. The summed E-state index contributed by atoms with van der Waals surface area (Å²) in [7, 11) is -3.54. The first-order valence-electron chi connectivity index (χ1n) is 7.03. The van der Waals surface area contributed by atoms with Gasteiger partial charge in [0.25, 0.3) is 11.6 Å². The Bertz CT molecular complexity index is 910. The molecule has 11 heteroatoms. The van der Waals surface area contributed by atoms with E-state index < -0.39 is 14.8 Å². The summed E-state index contributed by atoms with van der Waals surface area (Å²) in [5, 5.41) is 16.6. The molecule has 134 valence electrons. The van der Waals surface area contributed by atoms with Crippen LogP contribution in [0.4, 0.5) is 11.4 Å². The molecule has 25 heavy (non-hydrogen) atoms. The summed E-state index contributed by atoms with van der Waals surface area (Å²) >= 11 is 3.22. The third kappa shape index (κ3) is 5.03. The van der Waals surface area contributed by atoms with Crippen molar-refractivity contribution in [2.75, 3.05) is 24.7 Å². The lowest BCUT2D eigenvalue weighted by molar-refractivity contribution is -0.384. The highest BCUT2D eigenvalue weighted by Crippen LogP contribution is 2.27. The van der Waals surface area contributed by atoms with Gasteiger partial charge >= 0.3 is 0 Å². The molecule has 1 aromatic heterocycles. The van der Waals surface area contributed by atoms with E-state index >= 15 is 0 Å². The molecule has 0 bridgehead atoms. The van der Waals surface area contributed by atoms with Crippen molar-refractivity contribution in [1.82, 2.24) is 10.3 Å². The van der Waals surface area contributed by atoms with Crippen molar-refractivity contribution in [3.05, 3.63) is 50.7 Å². The Morgan fingerprint density at radius 1 is 1.32 bits per heavy atom. The zero-order valence-electron chi connectivity index (χ0n) is 13.1. The first-order chi connectivity index (χ1) is 11.7. The molecule has 0 aliphatic heterocycles. The predicted molar refractivity (Wildman–Crippen MR) is 95.5 cm³/mol. The van der Waals surface area contributed by atoms with Gasteiger partial charge in [-0.25, -0.2) is 8.42 Å². The highest BCUT2D eigenvalue weighted by atomic mass is 79.9. The molecule has 0 radical (unpaired) electrons. The fourth-order valence-electron chi connectivity index (χ4n) is 2.01. The SMILES string of the molecule is CS(=O)(=O)c1ccc(NCCNC(=O)c2cc(Br)c[nH]2)c([N+](=O)[O-])c1. The molecular formula is C14H15BrN4O5S. The van der Waals surface area contributed by atoms with Crippen LogP contribution in [-0.4, -0.2) is 43.6 Å². The van der Waals surface area contributed by atoms with Crippen LogP contribution in [0.2, 0.25) is 0 Å². The summed E-state index contributed by atoms with van der Waals surface area (Å²) in [4.78, 5) is 24.9. The van der Waals surface area contributed by atoms with Crippen LogP contribution in [0.3, 0.4) is 0 Å². The van der Waals surface area contributed by atoms with Crippen molar-refractivity contribution in [1.29, 1.82) is 0 Å². The number of nitrogens with one attached hydrogen (secondary N) is 3. The van der Waals surface area contributed by atoms with Crippen molar-refractivity contribution in [2.24, 2.45) is 0 Å². The number of carbonyl (C=O) groups excluding carboxylic acids is 1. The quantitative estimate of drug-likeness (QED) is 0.349. The maximum absolute atomic E-state index is 11.8. The number of hydrogen-bond donors (Lipinski definition) is 3. The summed E-state index contributed by atoms with van der Waals surface area (Å²) in [5.41, 5.74) is 0.215. The van der Waals surface area contributed by atoms with E-state index in [9.17, 15) is 23.3 Å². The highest BCUT2D eigenvalue weighted by Gasteiger charge is 2.18. The van der Waals surface area contributed by atoms with Crippen LogP contribution in [0.1, 0.15) is 10.5 Å². The molecule has 3 N–H and O–H groups in total. The maximum Gasteiger partial charge on any atom is 0.293 e. The molecule has 9 nitrogen and oxygen atoms in total.